The number of carbonyl (C=O) groups is 2. The lowest BCUT2D eigenvalue weighted by molar-refractivity contribution is -0.120. The summed E-state index contributed by atoms with van der Waals surface area (Å²) in [6.07, 6.45) is 0. The SMILES string of the molecule is O=C1C(Cl)=C(Nc2ccccc2F)C(=O)N1c1cc(Cl)cc(Cl)c1. The zero-order valence-corrected chi connectivity index (χ0v) is 14.1. The molecule has 0 saturated heterocycles. The van der Waals surface area contributed by atoms with Crippen molar-refractivity contribution in [2.24, 2.45) is 0 Å². The lowest BCUT2D eigenvalue weighted by atomic mass is 10.2. The van der Waals surface area contributed by atoms with Gasteiger partial charge in [0.1, 0.15) is 16.5 Å². The first-order valence-corrected chi connectivity index (χ1v) is 7.78. The molecular formula is C16H8Cl3FN2O2. The van der Waals surface area contributed by atoms with Crippen molar-refractivity contribution < 1.29 is 14.0 Å². The van der Waals surface area contributed by atoms with Crippen molar-refractivity contribution in [2.45, 2.75) is 0 Å². The van der Waals surface area contributed by atoms with E-state index in [-0.39, 0.29) is 32.1 Å². The van der Waals surface area contributed by atoms with Gasteiger partial charge in [-0.05, 0) is 30.3 Å². The first kappa shape index (κ1) is 16.8. The first-order chi connectivity index (χ1) is 11.4. The molecule has 1 heterocycles. The summed E-state index contributed by atoms with van der Waals surface area (Å²) in [6.45, 7) is 0. The summed E-state index contributed by atoms with van der Waals surface area (Å²) in [7, 11) is 0. The second-order valence-corrected chi connectivity index (χ2v) is 6.12. The summed E-state index contributed by atoms with van der Waals surface area (Å²) in [6, 6.07) is 9.98. The van der Waals surface area contributed by atoms with Crippen molar-refractivity contribution in [1.29, 1.82) is 0 Å². The van der Waals surface area contributed by atoms with Gasteiger partial charge >= 0.3 is 0 Å². The maximum absolute atomic E-state index is 13.7. The summed E-state index contributed by atoms with van der Waals surface area (Å²) < 4.78 is 13.7. The first-order valence-electron chi connectivity index (χ1n) is 6.64. The molecule has 0 radical (unpaired) electrons. The molecule has 122 valence electrons. The number of amides is 2. The van der Waals surface area contributed by atoms with Crippen molar-refractivity contribution in [2.75, 3.05) is 10.2 Å². The summed E-state index contributed by atoms with van der Waals surface area (Å²) >= 11 is 17.8. The zero-order chi connectivity index (χ0) is 17.4. The number of nitrogens with zero attached hydrogens (tertiary/aromatic N) is 1. The third-order valence-corrected chi connectivity index (χ3v) is 4.05. The minimum Gasteiger partial charge on any atom is -0.347 e. The molecule has 4 nitrogen and oxygen atoms in total. The molecule has 1 N–H and O–H groups in total. The molecule has 0 atom stereocenters. The Bertz CT molecular complexity index is 878. The van der Waals surface area contributed by atoms with Crippen molar-refractivity contribution in [3.05, 3.63) is 69.1 Å². The molecule has 24 heavy (non-hydrogen) atoms. The lowest BCUT2D eigenvalue weighted by Gasteiger charge is -2.16. The molecular weight excluding hydrogens is 378 g/mol. The van der Waals surface area contributed by atoms with Crippen LogP contribution in [0.5, 0.6) is 0 Å². The number of para-hydroxylation sites is 1. The third kappa shape index (κ3) is 2.98. The fourth-order valence-corrected chi connectivity index (χ4v) is 2.94. The largest absolute Gasteiger partial charge is 0.347 e. The van der Waals surface area contributed by atoms with E-state index in [1.165, 1.54) is 36.4 Å². The van der Waals surface area contributed by atoms with Gasteiger partial charge in [-0.1, -0.05) is 46.9 Å². The highest BCUT2D eigenvalue weighted by Gasteiger charge is 2.39. The highest BCUT2D eigenvalue weighted by Crippen LogP contribution is 2.33. The van der Waals surface area contributed by atoms with Gasteiger partial charge < -0.3 is 5.32 Å². The van der Waals surface area contributed by atoms with Gasteiger partial charge in [-0.2, -0.15) is 0 Å². The summed E-state index contributed by atoms with van der Waals surface area (Å²) in [5.41, 5.74) is -0.0216. The predicted octanol–water partition coefficient (Wildman–Crippen LogP) is 4.57. The van der Waals surface area contributed by atoms with Crippen LogP contribution in [0.4, 0.5) is 15.8 Å². The van der Waals surface area contributed by atoms with E-state index in [1.54, 1.807) is 6.07 Å². The third-order valence-electron chi connectivity index (χ3n) is 3.27. The Morgan fingerprint density at radius 3 is 2.17 bits per heavy atom. The maximum Gasteiger partial charge on any atom is 0.283 e. The highest BCUT2D eigenvalue weighted by molar-refractivity contribution is 6.53. The molecule has 0 saturated carbocycles. The van der Waals surface area contributed by atoms with E-state index in [4.69, 9.17) is 34.8 Å². The van der Waals surface area contributed by atoms with E-state index >= 15 is 0 Å². The van der Waals surface area contributed by atoms with Crippen LogP contribution < -0.4 is 10.2 Å². The predicted molar refractivity (Wildman–Crippen MR) is 91.9 cm³/mol. The second-order valence-electron chi connectivity index (χ2n) is 4.87. The van der Waals surface area contributed by atoms with Crippen molar-refractivity contribution in [3.63, 3.8) is 0 Å². The van der Waals surface area contributed by atoms with E-state index in [2.05, 4.69) is 5.32 Å². The number of carbonyl (C=O) groups excluding carboxylic acids is 2. The average molecular weight is 386 g/mol. The normalized spacial score (nSPS) is 14.6. The van der Waals surface area contributed by atoms with Crippen molar-refractivity contribution in [1.82, 2.24) is 0 Å². The Balaban J connectivity index is 1.97. The Hall–Kier alpha value is -2.08. The van der Waals surface area contributed by atoms with Crippen LogP contribution in [0.3, 0.4) is 0 Å². The number of imide groups is 1. The molecule has 2 amide bonds. The van der Waals surface area contributed by atoms with E-state index in [0.717, 1.165) is 4.90 Å². The van der Waals surface area contributed by atoms with Crippen LogP contribution in [0.1, 0.15) is 0 Å². The molecule has 1 aliphatic heterocycles. The molecule has 0 aromatic heterocycles. The number of hydrogen-bond acceptors (Lipinski definition) is 3. The Kier molecular flexibility index (Phi) is 4.49. The Labute approximate surface area is 151 Å². The monoisotopic (exact) mass is 384 g/mol. The number of nitrogens with one attached hydrogen (secondary N) is 1. The van der Waals surface area contributed by atoms with Gasteiger partial charge in [-0.25, -0.2) is 9.29 Å². The second kappa shape index (κ2) is 6.43. The van der Waals surface area contributed by atoms with Crippen LogP contribution in [0, 0.1) is 5.82 Å². The quantitative estimate of drug-likeness (QED) is 0.788. The molecule has 0 aliphatic carbocycles. The molecule has 0 spiro atoms. The highest BCUT2D eigenvalue weighted by atomic mass is 35.5. The average Bonchev–Trinajstić information content (AvgIpc) is 2.72. The van der Waals surface area contributed by atoms with Crippen LogP contribution >= 0.6 is 34.8 Å². The van der Waals surface area contributed by atoms with Crippen LogP contribution in [-0.4, -0.2) is 11.8 Å². The van der Waals surface area contributed by atoms with Gasteiger partial charge in [-0.3, -0.25) is 9.59 Å². The minimum absolute atomic E-state index is 0.0257. The fourth-order valence-electron chi connectivity index (χ4n) is 2.21. The van der Waals surface area contributed by atoms with E-state index < -0.39 is 17.6 Å². The van der Waals surface area contributed by atoms with Crippen LogP contribution in [-0.2, 0) is 9.59 Å². The molecule has 2 aromatic rings. The molecule has 0 bridgehead atoms. The van der Waals surface area contributed by atoms with Gasteiger partial charge in [0, 0.05) is 10.0 Å². The number of benzene rings is 2. The van der Waals surface area contributed by atoms with Crippen molar-refractivity contribution in [3.8, 4) is 0 Å². The smallest absolute Gasteiger partial charge is 0.283 e. The van der Waals surface area contributed by atoms with Crippen LogP contribution in [0.2, 0.25) is 10.0 Å². The molecule has 1 aliphatic rings. The van der Waals surface area contributed by atoms with Crippen LogP contribution in [0.15, 0.2) is 53.2 Å². The molecule has 0 fully saturated rings. The molecule has 8 heteroatoms. The van der Waals surface area contributed by atoms with Gasteiger partial charge in [0.05, 0.1) is 11.4 Å². The number of halogens is 4. The van der Waals surface area contributed by atoms with Gasteiger partial charge in [-0.15, -0.1) is 0 Å². The van der Waals surface area contributed by atoms with E-state index in [1.807, 2.05) is 0 Å². The summed E-state index contributed by atoms with van der Waals surface area (Å²) in [4.78, 5) is 25.7. The van der Waals surface area contributed by atoms with Gasteiger partial charge in [0.25, 0.3) is 11.8 Å². The number of rotatable bonds is 3. The number of anilines is 2. The molecule has 2 aromatic carbocycles. The fraction of sp³-hybridized carbons (Fsp3) is 0. The lowest BCUT2D eigenvalue weighted by Crippen LogP contribution is -2.32. The van der Waals surface area contributed by atoms with E-state index in [0.29, 0.717) is 0 Å². The summed E-state index contributed by atoms with van der Waals surface area (Å²) in [5, 5.41) is 2.72. The maximum atomic E-state index is 13.7. The van der Waals surface area contributed by atoms with Crippen molar-refractivity contribution >= 4 is 58.0 Å². The Morgan fingerprint density at radius 1 is 0.917 bits per heavy atom. The minimum atomic E-state index is -0.751. The zero-order valence-electron chi connectivity index (χ0n) is 11.8. The summed E-state index contributed by atoms with van der Waals surface area (Å²) in [5.74, 6) is -2.07. The van der Waals surface area contributed by atoms with E-state index in [9.17, 15) is 14.0 Å². The molecule has 3 rings (SSSR count). The Morgan fingerprint density at radius 2 is 1.54 bits per heavy atom. The number of hydrogen-bond donors (Lipinski definition) is 1. The molecule has 0 unspecified atom stereocenters. The standard InChI is InChI=1S/C16H8Cl3FN2O2/c17-8-5-9(18)7-10(6-8)22-15(23)13(19)14(16(22)24)21-12-4-2-1-3-11(12)20/h1-7,21H. The van der Waals surface area contributed by atoms with Gasteiger partial charge in [0.15, 0.2) is 0 Å². The topological polar surface area (TPSA) is 49.4 Å². The van der Waals surface area contributed by atoms with Gasteiger partial charge in [0.2, 0.25) is 0 Å². The van der Waals surface area contributed by atoms with Crippen LogP contribution in [0.25, 0.3) is 0 Å².